The fourth-order valence-corrected chi connectivity index (χ4v) is 2.00. The number of aryl methyl sites for hydroxylation is 1. The zero-order valence-corrected chi connectivity index (χ0v) is 9.58. The zero-order valence-electron chi connectivity index (χ0n) is 8.77. The van der Waals surface area contributed by atoms with Crippen molar-refractivity contribution in [2.45, 2.75) is 13.5 Å². The molecule has 16 heavy (non-hydrogen) atoms. The SMILES string of the molecule is Cc1csc(CNc2cccnc2C#N)n1. The van der Waals surface area contributed by atoms with Crippen molar-refractivity contribution in [3.05, 3.63) is 40.1 Å². The second-order valence-electron chi connectivity index (χ2n) is 3.25. The molecule has 2 aromatic heterocycles. The van der Waals surface area contributed by atoms with E-state index in [-0.39, 0.29) is 0 Å². The van der Waals surface area contributed by atoms with Gasteiger partial charge in [-0.05, 0) is 19.1 Å². The highest BCUT2D eigenvalue weighted by atomic mass is 32.1. The van der Waals surface area contributed by atoms with Crippen LogP contribution < -0.4 is 5.32 Å². The molecular weight excluding hydrogens is 220 g/mol. The van der Waals surface area contributed by atoms with E-state index in [9.17, 15) is 0 Å². The first-order chi connectivity index (χ1) is 7.79. The Balaban J connectivity index is 2.08. The summed E-state index contributed by atoms with van der Waals surface area (Å²) in [6, 6.07) is 5.69. The maximum absolute atomic E-state index is 8.85. The third-order valence-electron chi connectivity index (χ3n) is 2.01. The molecule has 5 heteroatoms. The van der Waals surface area contributed by atoms with Gasteiger partial charge in [-0.25, -0.2) is 9.97 Å². The molecule has 0 aliphatic rings. The highest BCUT2D eigenvalue weighted by Gasteiger charge is 2.03. The van der Waals surface area contributed by atoms with E-state index in [0.717, 1.165) is 16.4 Å². The van der Waals surface area contributed by atoms with Crippen molar-refractivity contribution < 1.29 is 0 Å². The van der Waals surface area contributed by atoms with Crippen LogP contribution in [0, 0.1) is 18.3 Å². The van der Waals surface area contributed by atoms with E-state index in [0.29, 0.717) is 12.2 Å². The van der Waals surface area contributed by atoms with Gasteiger partial charge >= 0.3 is 0 Å². The molecule has 0 radical (unpaired) electrons. The number of nitrogens with zero attached hydrogens (tertiary/aromatic N) is 3. The normalized spacial score (nSPS) is 9.75. The van der Waals surface area contributed by atoms with Crippen LogP contribution in [0.15, 0.2) is 23.7 Å². The number of hydrogen-bond acceptors (Lipinski definition) is 5. The van der Waals surface area contributed by atoms with Crippen LogP contribution in [0.2, 0.25) is 0 Å². The Morgan fingerprint density at radius 1 is 1.56 bits per heavy atom. The number of nitriles is 1. The quantitative estimate of drug-likeness (QED) is 0.879. The fourth-order valence-electron chi connectivity index (χ4n) is 1.29. The molecule has 0 aromatic carbocycles. The first-order valence-electron chi connectivity index (χ1n) is 4.79. The van der Waals surface area contributed by atoms with Gasteiger partial charge in [-0.1, -0.05) is 0 Å². The number of anilines is 1. The summed E-state index contributed by atoms with van der Waals surface area (Å²) in [5, 5.41) is 15.0. The molecule has 0 saturated heterocycles. The predicted octanol–water partition coefficient (Wildman–Crippen LogP) is 2.33. The van der Waals surface area contributed by atoms with Gasteiger partial charge in [0.1, 0.15) is 11.1 Å². The maximum atomic E-state index is 8.85. The molecule has 80 valence electrons. The maximum Gasteiger partial charge on any atom is 0.163 e. The lowest BCUT2D eigenvalue weighted by Crippen LogP contribution is -2.01. The second kappa shape index (κ2) is 4.73. The fraction of sp³-hybridized carbons (Fsp3) is 0.182. The minimum atomic E-state index is 0.413. The molecule has 2 rings (SSSR count). The average Bonchev–Trinajstić information content (AvgIpc) is 2.73. The lowest BCUT2D eigenvalue weighted by Gasteiger charge is -2.04. The molecule has 1 N–H and O–H groups in total. The van der Waals surface area contributed by atoms with Gasteiger partial charge < -0.3 is 5.32 Å². The van der Waals surface area contributed by atoms with Gasteiger partial charge in [0, 0.05) is 17.3 Å². The minimum Gasteiger partial charge on any atom is -0.376 e. The highest BCUT2D eigenvalue weighted by molar-refractivity contribution is 7.09. The number of aromatic nitrogens is 2. The van der Waals surface area contributed by atoms with Gasteiger partial charge in [-0.3, -0.25) is 0 Å². The monoisotopic (exact) mass is 230 g/mol. The summed E-state index contributed by atoms with van der Waals surface area (Å²) >= 11 is 1.61. The Morgan fingerprint density at radius 2 is 2.44 bits per heavy atom. The summed E-state index contributed by atoms with van der Waals surface area (Å²) in [6.07, 6.45) is 1.61. The summed E-state index contributed by atoms with van der Waals surface area (Å²) < 4.78 is 0. The van der Waals surface area contributed by atoms with E-state index in [1.807, 2.05) is 24.4 Å². The molecule has 0 aliphatic carbocycles. The Labute approximate surface area is 97.6 Å². The molecule has 2 aromatic rings. The van der Waals surface area contributed by atoms with Gasteiger partial charge in [0.15, 0.2) is 5.69 Å². The van der Waals surface area contributed by atoms with E-state index in [4.69, 9.17) is 5.26 Å². The van der Waals surface area contributed by atoms with E-state index in [1.54, 1.807) is 23.6 Å². The number of hydrogen-bond donors (Lipinski definition) is 1. The van der Waals surface area contributed by atoms with Crippen molar-refractivity contribution in [3.63, 3.8) is 0 Å². The molecule has 0 amide bonds. The van der Waals surface area contributed by atoms with Gasteiger partial charge in [-0.2, -0.15) is 5.26 Å². The van der Waals surface area contributed by atoms with Gasteiger partial charge in [0.25, 0.3) is 0 Å². The molecule has 0 unspecified atom stereocenters. The minimum absolute atomic E-state index is 0.413. The molecule has 0 spiro atoms. The summed E-state index contributed by atoms with van der Waals surface area (Å²) in [5.41, 5.74) is 2.18. The molecule has 4 nitrogen and oxygen atoms in total. The van der Waals surface area contributed by atoms with Crippen molar-refractivity contribution in [1.82, 2.24) is 9.97 Å². The average molecular weight is 230 g/mol. The van der Waals surface area contributed by atoms with Crippen LogP contribution in [-0.2, 0) is 6.54 Å². The summed E-state index contributed by atoms with van der Waals surface area (Å²) in [5.74, 6) is 0. The smallest absolute Gasteiger partial charge is 0.163 e. The molecule has 0 aliphatic heterocycles. The Hall–Kier alpha value is -1.93. The Morgan fingerprint density at radius 3 is 3.12 bits per heavy atom. The Bertz CT molecular complexity index is 527. The third-order valence-corrected chi connectivity index (χ3v) is 2.98. The van der Waals surface area contributed by atoms with Crippen molar-refractivity contribution in [3.8, 4) is 6.07 Å². The topological polar surface area (TPSA) is 61.6 Å². The number of pyridine rings is 1. The number of rotatable bonds is 3. The third kappa shape index (κ3) is 2.35. The van der Waals surface area contributed by atoms with Gasteiger partial charge in [-0.15, -0.1) is 11.3 Å². The summed E-state index contributed by atoms with van der Waals surface area (Å²) in [7, 11) is 0. The van der Waals surface area contributed by atoms with Crippen LogP contribution in [0.4, 0.5) is 5.69 Å². The lowest BCUT2D eigenvalue weighted by molar-refractivity contribution is 1.07. The zero-order chi connectivity index (χ0) is 11.4. The lowest BCUT2D eigenvalue weighted by atomic mass is 10.3. The molecular formula is C11H10N4S. The molecule has 0 saturated carbocycles. The molecule has 0 atom stereocenters. The summed E-state index contributed by atoms with van der Waals surface area (Å²) in [4.78, 5) is 8.31. The van der Waals surface area contributed by atoms with E-state index in [2.05, 4.69) is 15.3 Å². The van der Waals surface area contributed by atoms with Crippen LogP contribution in [0.3, 0.4) is 0 Å². The Kier molecular flexibility index (Phi) is 3.13. The summed E-state index contributed by atoms with van der Waals surface area (Å²) in [6.45, 7) is 2.59. The molecule has 0 fully saturated rings. The predicted molar refractivity (Wildman–Crippen MR) is 63.1 cm³/mol. The van der Waals surface area contributed by atoms with Crippen molar-refractivity contribution in [2.75, 3.05) is 5.32 Å². The van der Waals surface area contributed by atoms with Gasteiger partial charge in [0.05, 0.1) is 12.2 Å². The van der Waals surface area contributed by atoms with Crippen LogP contribution >= 0.6 is 11.3 Å². The number of nitrogens with one attached hydrogen (secondary N) is 1. The highest BCUT2D eigenvalue weighted by Crippen LogP contribution is 2.14. The number of thiazole rings is 1. The van der Waals surface area contributed by atoms with E-state index < -0.39 is 0 Å². The van der Waals surface area contributed by atoms with E-state index in [1.165, 1.54) is 0 Å². The van der Waals surface area contributed by atoms with Gasteiger partial charge in [0.2, 0.25) is 0 Å². The second-order valence-corrected chi connectivity index (χ2v) is 4.19. The van der Waals surface area contributed by atoms with E-state index >= 15 is 0 Å². The molecule has 0 bridgehead atoms. The van der Waals surface area contributed by atoms with Crippen molar-refractivity contribution >= 4 is 17.0 Å². The van der Waals surface area contributed by atoms with Crippen LogP contribution in [0.25, 0.3) is 0 Å². The standard InChI is InChI=1S/C11H10N4S/c1-8-7-16-11(15-8)6-14-9-3-2-4-13-10(9)5-12/h2-4,7,14H,6H2,1H3. The van der Waals surface area contributed by atoms with Crippen LogP contribution in [0.5, 0.6) is 0 Å². The first kappa shape index (κ1) is 10.6. The van der Waals surface area contributed by atoms with Crippen molar-refractivity contribution in [2.24, 2.45) is 0 Å². The first-order valence-corrected chi connectivity index (χ1v) is 5.67. The van der Waals surface area contributed by atoms with Crippen molar-refractivity contribution in [1.29, 1.82) is 5.26 Å². The largest absolute Gasteiger partial charge is 0.376 e. The molecule has 2 heterocycles. The van der Waals surface area contributed by atoms with Crippen LogP contribution in [-0.4, -0.2) is 9.97 Å². The van der Waals surface area contributed by atoms with Crippen LogP contribution in [0.1, 0.15) is 16.4 Å².